The van der Waals surface area contributed by atoms with Crippen molar-refractivity contribution in [3.63, 3.8) is 0 Å². The zero-order valence-corrected chi connectivity index (χ0v) is 14.8. The number of hydrogen-bond acceptors (Lipinski definition) is 4. The minimum atomic E-state index is -4.52. The molecule has 3 heterocycles. The Bertz CT molecular complexity index is 978. The topological polar surface area (TPSA) is 72.1 Å². The molecule has 1 amide bonds. The molecule has 9 heteroatoms. The number of nitrogens with one attached hydrogen (secondary N) is 2. The minimum absolute atomic E-state index is 0.0135. The number of benzene rings is 1. The highest BCUT2D eigenvalue weighted by Gasteiger charge is 2.47. The molecule has 0 fully saturated rings. The molecular weight excluding hydrogens is 373 g/mol. The lowest BCUT2D eigenvalue weighted by atomic mass is 10.0. The van der Waals surface area contributed by atoms with Crippen LogP contribution in [0.2, 0.25) is 0 Å². The Morgan fingerprint density at radius 1 is 1.29 bits per heavy atom. The van der Waals surface area contributed by atoms with Crippen LogP contribution in [-0.2, 0) is 0 Å². The highest BCUT2D eigenvalue weighted by Crippen LogP contribution is 2.44. The summed E-state index contributed by atoms with van der Waals surface area (Å²) in [5, 5.41) is 9.50. The van der Waals surface area contributed by atoms with Gasteiger partial charge in [-0.3, -0.25) is 4.79 Å². The van der Waals surface area contributed by atoms with Gasteiger partial charge in [-0.1, -0.05) is 17.7 Å². The maximum atomic E-state index is 13.6. The van der Waals surface area contributed by atoms with E-state index in [2.05, 4.69) is 15.7 Å². The summed E-state index contributed by atoms with van der Waals surface area (Å²) in [5.41, 5.74) is 1.60. The van der Waals surface area contributed by atoms with Crippen LogP contribution >= 0.6 is 0 Å². The number of fused-ring (bicyclic) bond motifs is 1. The number of halogens is 3. The average molecular weight is 390 g/mol. The monoisotopic (exact) mass is 390 g/mol. The predicted octanol–water partition coefficient (Wildman–Crippen LogP) is 4.70. The van der Waals surface area contributed by atoms with E-state index in [1.807, 2.05) is 19.1 Å². The third-order valence-corrected chi connectivity index (χ3v) is 4.68. The van der Waals surface area contributed by atoms with Crippen molar-refractivity contribution in [2.75, 3.05) is 10.6 Å². The largest absolute Gasteiger partial charge is 0.467 e. The first-order valence-corrected chi connectivity index (χ1v) is 8.65. The van der Waals surface area contributed by atoms with Crippen molar-refractivity contribution in [2.45, 2.75) is 31.6 Å². The number of carbonyl (C=O) groups excluding carboxylic acids is 1. The molecule has 0 aliphatic carbocycles. The Hall–Kier alpha value is -3.23. The molecule has 0 spiro atoms. The highest BCUT2D eigenvalue weighted by atomic mass is 19.4. The van der Waals surface area contributed by atoms with E-state index in [1.165, 1.54) is 6.26 Å². The highest BCUT2D eigenvalue weighted by molar-refractivity contribution is 6.07. The molecule has 0 saturated carbocycles. The summed E-state index contributed by atoms with van der Waals surface area (Å²) in [6.45, 7) is 1.91. The van der Waals surface area contributed by atoms with E-state index in [1.54, 1.807) is 24.3 Å². The minimum Gasteiger partial charge on any atom is -0.467 e. The van der Waals surface area contributed by atoms with Crippen molar-refractivity contribution in [2.24, 2.45) is 0 Å². The number of nitrogens with zero attached hydrogens (tertiary/aromatic N) is 2. The van der Waals surface area contributed by atoms with Gasteiger partial charge >= 0.3 is 6.18 Å². The van der Waals surface area contributed by atoms with Gasteiger partial charge < -0.3 is 15.1 Å². The number of aryl methyl sites for hydroxylation is 1. The standard InChI is InChI=1S/C19H17F3N4O2/c1-11-4-6-12(7-5-11)24-18(27)13-10-23-26-16(19(20,21)22)9-14(25-17(13)26)15-3-2-8-28-15/h2-8,10,14,16,25H,9H2,1H3,(H,24,27)/t14-,16-/m1/s1. The fourth-order valence-corrected chi connectivity index (χ4v) is 3.24. The van der Waals surface area contributed by atoms with E-state index in [4.69, 9.17) is 4.42 Å². The Morgan fingerprint density at radius 3 is 2.68 bits per heavy atom. The Morgan fingerprint density at radius 2 is 2.04 bits per heavy atom. The van der Waals surface area contributed by atoms with E-state index in [0.29, 0.717) is 11.4 Å². The fourth-order valence-electron chi connectivity index (χ4n) is 3.24. The van der Waals surface area contributed by atoms with E-state index < -0.39 is 24.2 Å². The van der Waals surface area contributed by atoms with Crippen LogP contribution in [0.1, 0.15) is 40.2 Å². The second kappa shape index (κ2) is 6.74. The van der Waals surface area contributed by atoms with Crippen molar-refractivity contribution >= 4 is 17.4 Å². The van der Waals surface area contributed by atoms with Crippen LogP contribution in [0.25, 0.3) is 0 Å². The van der Waals surface area contributed by atoms with Gasteiger partial charge in [0.25, 0.3) is 5.91 Å². The van der Waals surface area contributed by atoms with Gasteiger partial charge in [-0.25, -0.2) is 4.68 Å². The number of alkyl halides is 3. The van der Waals surface area contributed by atoms with Crippen molar-refractivity contribution < 1.29 is 22.4 Å². The summed E-state index contributed by atoms with van der Waals surface area (Å²) in [4.78, 5) is 12.7. The van der Waals surface area contributed by atoms with Gasteiger partial charge in [0.05, 0.1) is 18.5 Å². The number of rotatable bonds is 3. The Kier molecular flexibility index (Phi) is 4.37. The lowest BCUT2D eigenvalue weighted by Gasteiger charge is -2.32. The van der Waals surface area contributed by atoms with Crippen LogP contribution in [0, 0.1) is 6.92 Å². The van der Waals surface area contributed by atoms with Crippen molar-refractivity contribution in [1.82, 2.24) is 9.78 Å². The summed E-state index contributed by atoms with van der Waals surface area (Å²) >= 11 is 0. The predicted molar refractivity (Wildman–Crippen MR) is 96.1 cm³/mol. The van der Waals surface area contributed by atoms with E-state index in [0.717, 1.165) is 16.4 Å². The first-order valence-electron chi connectivity index (χ1n) is 8.65. The SMILES string of the molecule is Cc1ccc(NC(=O)c2cnn3c2N[C@@H](c2ccco2)C[C@@H]3C(F)(F)F)cc1. The number of furan rings is 1. The lowest BCUT2D eigenvalue weighted by molar-refractivity contribution is -0.174. The number of carbonyl (C=O) groups is 1. The summed E-state index contributed by atoms with van der Waals surface area (Å²) < 4.78 is 46.9. The molecule has 0 saturated heterocycles. The second-order valence-electron chi connectivity index (χ2n) is 6.68. The summed E-state index contributed by atoms with van der Waals surface area (Å²) in [6.07, 6.45) is -2.26. The van der Waals surface area contributed by atoms with Crippen molar-refractivity contribution in [3.8, 4) is 0 Å². The van der Waals surface area contributed by atoms with E-state index in [-0.39, 0.29) is 17.8 Å². The first-order chi connectivity index (χ1) is 13.3. The van der Waals surface area contributed by atoms with Gasteiger partial charge in [-0.15, -0.1) is 0 Å². The smallest absolute Gasteiger partial charge is 0.410 e. The molecule has 6 nitrogen and oxygen atoms in total. The normalized spacial score (nSPS) is 19.0. The van der Waals surface area contributed by atoms with Gasteiger partial charge in [0.2, 0.25) is 0 Å². The zero-order valence-electron chi connectivity index (χ0n) is 14.8. The molecule has 1 aliphatic rings. The molecule has 3 aromatic rings. The fraction of sp³-hybridized carbons (Fsp3) is 0.263. The van der Waals surface area contributed by atoms with Crippen LogP contribution in [0.4, 0.5) is 24.7 Å². The number of amides is 1. The van der Waals surface area contributed by atoms with E-state index in [9.17, 15) is 18.0 Å². The van der Waals surface area contributed by atoms with Gasteiger partial charge in [0, 0.05) is 12.1 Å². The molecule has 2 N–H and O–H groups in total. The summed E-state index contributed by atoms with van der Waals surface area (Å²) in [7, 11) is 0. The molecule has 0 bridgehead atoms. The van der Waals surface area contributed by atoms with Crippen LogP contribution in [0.5, 0.6) is 0 Å². The third-order valence-electron chi connectivity index (χ3n) is 4.68. The van der Waals surface area contributed by atoms with Gasteiger partial charge in [0.1, 0.15) is 17.1 Å². The maximum absolute atomic E-state index is 13.6. The second-order valence-corrected chi connectivity index (χ2v) is 6.68. The summed E-state index contributed by atoms with van der Waals surface area (Å²) in [6, 6.07) is 7.72. The van der Waals surface area contributed by atoms with Crippen LogP contribution in [-0.4, -0.2) is 21.9 Å². The van der Waals surface area contributed by atoms with Crippen molar-refractivity contribution in [1.29, 1.82) is 0 Å². The van der Waals surface area contributed by atoms with Crippen LogP contribution in [0.15, 0.2) is 53.3 Å². The number of hydrogen-bond donors (Lipinski definition) is 2. The Labute approximate surface area is 158 Å². The van der Waals surface area contributed by atoms with Crippen molar-refractivity contribution in [3.05, 3.63) is 65.7 Å². The number of aromatic nitrogens is 2. The molecule has 2 aromatic heterocycles. The zero-order chi connectivity index (χ0) is 19.9. The van der Waals surface area contributed by atoms with Crippen LogP contribution in [0.3, 0.4) is 0 Å². The van der Waals surface area contributed by atoms with Gasteiger partial charge in [-0.05, 0) is 31.2 Å². The molecular formula is C19H17F3N4O2. The molecule has 28 heavy (non-hydrogen) atoms. The quantitative estimate of drug-likeness (QED) is 0.680. The Balaban J connectivity index is 1.67. The molecule has 0 radical (unpaired) electrons. The third kappa shape index (κ3) is 3.35. The molecule has 146 valence electrons. The average Bonchev–Trinajstić information content (AvgIpc) is 3.31. The van der Waals surface area contributed by atoms with Gasteiger partial charge in [-0.2, -0.15) is 18.3 Å². The van der Waals surface area contributed by atoms with E-state index >= 15 is 0 Å². The number of anilines is 2. The first kappa shape index (κ1) is 18.1. The van der Waals surface area contributed by atoms with Gasteiger partial charge in [0.15, 0.2) is 6.04 Å². The molecule has 4 rings (SSSR count). The molecule has 2 atom stereocenters. The lowest BCUT2D eigenvalue weighted by Crippen LogP contribution is -2.36. The molecule has 0 unspecified atom stereocenters. The molecule has 1 aliphatic heterocycles. The summed E-state index contributed by atoms with van der Waals surface area (Å²) in [5.74, 6) is -0.162. The maximum Gasteiger partial charge on any atom is 0.410 e. The van der Waals surface area contributed by atoms with Crippen LogP contribution < -0.4 is 10.6 Å². The molecule has 1 aromatic carbocycles.